The maximum Gasteiger partial charge on any atom is 0.227 e. The highest BCUT2D eigenvalue weighted by atomic mass is 16.2. The van der Waals surface area contributed by atoms with Gasteiger partial charge in [-0.25, -0.2) is 0 Å². The van der Waals surface area contributed by atoms with Crippen LogP contribution in [-0.2, 0) is 14.4 Å². The molecule has 2 unspecified atom stereocenters. The van der Waals surface area contributed by atoms with Crippen LogP contribution in [0.2, 0.25) is 0 Å². The highest BCUT2D eigenvalue weighted by Gasteiger charge is 2.32. The van der Waals surface area contributed by atoms with Gasteiger partial charge in [-0.1, -0.05) is 0 Å². The molecule has 0 aromatic rings. The number of carbonyl (C=O) groups is 3. The second kappa shape index (κ2) is 6.91. The van der Waals surface area contributed by atoms with E-state index in [9.17, 15) is 14.4 Å². The Morgan fingerprint density at radius 2 is 1.62 bits per heavy atom. The highest BCUT2D eigenvalue weighted by Crippen LogP contribution is 2.21. The van der Waals surface area contributed by atoms with Crippen molar-refractivity contribution >= 4 is 17.7 Å². The van der Waals surface area contributed by atoms with Crippen LogP contribution < -0.4 is 5.32 Å². The number of rotatable bonds is 2. The zero-order chi connectivity index (χ0) is 15.4. The Bertz CT molecular complexity index is 424. The number of hydrogen-bond acceptors (Lipinski definition) is 3. The van der Waals surface area contributed by atoms with Crippen LogP contribution in [0.4, 0.5) is 0 Å². The monoisotopic (exact) mass is 295 g/mol. The molecule has 2 heterocycles. The van der Waals surface area contributed by atoms with Gasteiger partial charge in [-0.15, -0.1) is 0 Å². The molecule has 3 amide bonds. The van der Waals surface area contributed by atoms with E-state index < -0.39 is 0 Å². The fourth-order valence-corrected chi connectivity index (χ4v) is 3.31. The summed E-state index contributed by atoms with van der Waals surface area (Å²) in [7, 11) is 0. The molecule has 6 heteroatoms. The van der Waals surface area contributed by atoms with Gasteiger partial charge in [0.1, 0.15) is 0 Å². The predicted octanol–water partition coefficient (Wildman–Crippen LogP) is 0.372. The molecule has 2 fully saturated rings. The predicted molar refractivity (Wildman–Crippen MR) is 78.4 cm³/mol. The fourth-order valence-electron chi connectivity index (χ4n) is 3.31. The Morgan fingerprint density at radius 3 is 2.29 bits per heavy atom. The Morgan fingerprint density at radius 1 is 0.952 bits per heavy atom. The summed E-state index contributed by atoms with van der Waals surface area (Å²) in [5, 5.41) is 2.90. The van der Waals surface area contributed by atoms with Crippen LogP contribution in [0.1, 0.15) is 39.5 Å². The summed E-state index contributed by atoms with van der Waals surface area (Å²) in [6.45, 7) is 5.71. The van der Waals surface area contributed by atoms with Crippen molar-refractivity contribution < 1.29 is 14.4 Å². The van der Waals surface area contributed by atoms with Crippen LogP contribution in [0.15, 0.2) is 0 Å². The van der Waals surface area contributed by atoms with E-state index in [1.54, 1.807) is 11.8 Å². The third kappa shape index (κ3) is 4.19. The highest BCUT2D eigenvalue weighted by molar-refractivity contribution is 5.81. The number of hydrogen-bond donors (Lipinski definition) is 1. The van der Waals surface area contributed by atoms with Gasteiger partial charge in [0.25, 0.3) is 0 Å². The average Bonchev–Trinajstić information content (AvgIpc) is 2.46. The van der Waals surface area contributed by atoms with Crippen LogP contribution in [0.25, 0.3) is 0 Å². The minimum Gasteiger partial charge on any atom is -0.352 e. The minimum absolute atomic E-state index is 0.0438. The number of carbonyl (C=O) groups excluding carboxylic acids is 3. The normalized spacial score (nSPS) is 26.4. The van der Waals surface area contributed by atoms with Crippen molar-refractivity contribution in [3.05, 3.63) is 0 Å². The van der Waals surface area contributed by atoms with Crippen molar-refractivity contribution in [2.45, 2.75) is 45.6 Å². The Labute approximate surface area is 125 Å². The molecule has 118 valence electrons. The van der Waals surface area contributed by atoms with Crippen LogP contribution in [0.3, 0.4) is 0 Å². The lowest BCUT2D eigenvalue weighted by atomic mass is 9.95. The summed E-state index contributed by atoms with van der Waals surface area (Å²) in [6.07, 6.45) is 3.58. The van der Waals surface area contributed by atoms with Crippen molar-refractivity contribution in [2.75, 3.05) is 26.2 Å². The first-order chi connectivity index (χ1) is 9.97. The molecule has 2 rings (SSSR count). The Kier molecular flexibility index (Phi) is 5.20. The zero-order valence-corrected chi connectivity index (χ0v) is 12.9. The first-order valence-corrected chi connectivity index (χ1v) is 7.78. The summed E-state index contributed by atoms with van der Waals surface area (Å²) in [5.41, 5.74) is 0. The summed E-state index contributed by atoms with van der Waals surface area (Å²) in [5.74, 6) is 0.0479. The second-order valence-corrected chi connectivity index (χ2v) is 6.13. The molecular formula is C15H25N3O3. The number of nitrogens with zero attached hydrogens (tertiary/aromatic N) is 2. The molecular weight excluding hydrogens is 270 g/mol. The molecule has 0 radical (unpaired) electrons. The van der Waals surface area contributed by atoms with Gasteiger partial charge < -0.3 is 15.1 Å². The van der Waals surface area contributed by atoms with Gasteiger partial charge in [-0.3, -0.25) is 14.4 Å². The smallest absolute Gasteiger partial charge is 0.227 e. The summed E-state index contributed by atoms with van der Waals surface area (Å²) >= 11 is 0. The first-order valence-electron chi connectivity index (χ1n) is 7.78. The zero-order valence-electron chi connectivity index (χ0n) is 12.9. The van der Waals surface area contributed by atoms with Crippen LogP contribution in [0.5, 0.6) is 0 Å². The lowest BCUT2D eigenvalue weighted by molar-refractivity contribution is -0.141. The van der Waals surface area contributed by atoms with Crippen molar-refractivity contribution in [1.29, 1.82) is 0 Å². The summed E-state index contributed by atoms with van der Waals surface area (Å²) in [4.78, 5) is 38.9. The van der Waals surface area contributed by atoms with Crippen LogP contribution in [0, 0.1) is 5.92 Å². The standard InChI is InChI=1S/C15H25N3O3/c1-11(19)16-14-6-4-8-18(10-14)15(21)13-5-3-7-17(9-13)12(2)20/h13-14H,3-10H2,1-2H3,(H,16,19). The minimum atomic E-state index is -0.0845. The molecule has 2 aliphatic heterocycles. The quantitative estimate of drug-likeness (QED) is 0.800. The third-order valence-electron chi connectivity index (χ3n) is 4.36. The SMILES string of the molecule is CC(=O)NC1CCCN(C(=O)C2CCCN(C(C)=O)C2)C1. The van der Waals surface area contributed by atoms with E-state index in [2.05, 4.69) is 5.32 Å². The Balaban J connectivity index is 1.92. The van der Waals surface area contributed by atoms with Gasteiger partial charge in [0.2, 0.25) is 17.7 Å². The second-order valence-electron chi connectivity index (χ2n) is 6.13. The molecule has 6 nitrogen and oxygen atoms in total. The molecule has 0 spiro atoms. The number of amides is 3. The van der Waals surface area contributed by atoms with Gasteiger partial charge in [-0.2, -0.15) is 0 Å². The maximum absolute atomic E-state index is 12.6. The van der Waals surface area contributed by atoms with Gasteiger partial charge >= 0.3 is 0 Å². The van der Waals surface area contributed by atoms with Crippen LogP contribution >= 0.6 is 0 Å². The molecule has 1 N–H and O–H groups in total. The number of piperidine rings is 2. The van der Waals surface area contributed by atoms with Gasteiger partial charge in [0.15, 0.2) is 0 Å². The van der Waals surface area contributed by atoms with E-state index >= 15 is 0 Å². The molecule has 0 aliphatic carbocycles. The molecule has 2 saturated heterocycles. The molecule has 0 aromatic heterocycles. The molecule has 0 bridgehead atoms. The first kappa shape index (κ1) is 15.8. The van der Waals surface area contributed by atoms with Gasteiger partial charge in [0.05, 0.1) is 5.92 Å². The molecule has 0 aromatic carbocycles. The molecule has 21 heavy (non-hydrogen) atoms. The van der Waals surface area contributed by atoms with Crippen LogP contribution in [-0.4, -0.2) is 59.7 Å². The van der Waals surface area contributed by atoms with Gasteiger partial charge in [0, 0.05) is 46.1 Å². The maximum atomic E-state index is 12.6. The lowest BCUT2D eigenvalue weighted by Gasteiger charge is -2.38. The van der Waals surface area contributed by atoms with Gasteiger partial charge in [-0.05, 0) is 25.7 Å². The fraction of sp³-hybridized carbons (Fsp3) is 0.800. The topological polar surface area (TPSA) is 69.7 Å². The van der Waals surface area contributed by atoms with Crippen molar-refractivity contribution in [3.8, 4) is 0 Å². The van der Waals surface area contributed by atoms with Crippen molar-refractivity contribution in [1.82, 2.24) is 15.1 Å². The summed E-state index contributed by atoms with van der Waals surface area (Å²) in [6, 6.07) is 0.0627. The average molecular weight is 295 g/mol. The van der Waals surface area contributed by atoms with Crippen molar-refractivity contribution in [2.24, 2.45) is 5.92 Å². The molecule has 2 aliphatic rings. The molecule has 0 saturated carbocycles. The lowest BCUT2D eigenvalue weighted by Crippen LogP contribution is -2.53. The van der Waals surface area contributed by atoms with E-state index in [4.69, 9.17) is 0 Å². The van der Waals surface area contributed by atoms with E-state index in [1.165, 1.54) is 6.92 Å². The Hall–Kier alpha value is -1.59. The third-order valence-corrected chi connectivity index (χ3v) is 4.36. The van der Waals surface area contributed by atoms with Crippen molar-refractivity contribution in [3.63, 3.8) is 0 Å². The number of likely N-dealkylation sites (tertiary alicyclic amines) is 2. The van der Waals surface area contributed by atoms with E-state index in [-0.39, 0.29) is 29.7 Å². The van der Waals surface area contributed by atoms with E-state index in [0.29, 0.717) is 13.1 Å². The largest absolute Gasteiger partial charge is 0.352 e. The summed E-state index contributed by atoms with van der Waals surface area (Å²) < 4.78 is 0. The van der Waals surface area contributed by atoms with E-state index in [0.717, 1.165) is 38.8 Å². The van der Waals surface area contributed by atoms with E-state index in [1.807, 2.05) is 4.90 Å². The number of nitrogens with one attached hydrogen (secondary N) is 1. The molecule has 2 atom stereocenters.